The first-order valence-corrected chi connectivity index (χ1v) is 3.37. The van der Waals surface area contributed by atoms with Crippen molar-refractivity contribution in [3.05, 3.63) is 11.8 Å². The van der Waals surface area contributed by atoms with Gasteiger partial charge in [0, 0.05) is 14.1 Å². The number of hydrogen-bond donors (Lipinski definition) is 0. The Labute approximate surface area is 62.8 Å². The molecule has 0 spiro atoms. The lowest BCUT2D eigenvalue weighted by molar-refractivity contribution is 0.525. The molecular weight excluding hydrogens is 124 g/mol. The first-order valence-electron chi connectivity index (χ1n) is 3.37. The average molecular weight is 138 g/mol. The van der Waals surface area contributed by atoms with Gasteiger partial charge in [-0.15, -0.1) is 0 Å². The molecule has 0 amide bonds. The van der Waals surface area contributed by atoms with Crippen LogP contribution < -0.4 is 0 Å². The van der Waals surface area contributed by atoms with Gasteiger partial charge in [-0.2, -0.15) is 5.26 Å². The molecule has 0 radical (unpaired) electrons. The van der Waals surface area contributed by atoms with Gasteiger partial charge in [-0.25, -0.2) is 0 Å². The van der Waals surface area contributed by atoms with Gasteiger partial charge in [-0.05, 0) is 12.0 Å². The summed E-state index contributed by atoms with van der Waals surface area (Å²) in [4.78, 5) is 1.82. The van der Waals surface area contributed by atoms with E-state index in [0.29, 0.717) is 5.92 Å². The van der Waals surface area contributed by atoms with E-state index in [2.05, 4.69) is 19.9 Å². The second-order valence-electron chi connectivity index (χ2n) is 2.80. The van der Waals surface area contributed by atoms with Crippen molar-refractivity contribution in [3.8, 4) is 6.07 Å². The quantitative estimate of drug-likeness (QED) is 0.542. The van der Waals surface area contributed by atoms with E-state index in [-0.39, 0.29) is 0 Å². The molecule has 0 N–H and O–H groups in total. The molecule has 2 nitrogen and oxygen atoms in total. The zero-order chi connectivity index (χ0) is 8.15. The predicted molar refractivity (Wildman–Crippen MR) is 42.2 cm³/mol. The molecule has 10 heavy (non-hydrogen) atoms. The lowest BCUT2D eigenvalue weighted by Gasteiger charge is -2.10. The predicted octanol–water partition coefficient (Wildman–Crippen LogP) is 1.61. The fraction of sp³-hybridized carbons (Fsp3) is 0.625. The van der Waals surface area contributed by atoms with E-state index in [0.717, 1.165) is 5.70 Å². The highest BCUT2D eigenvalue weighted by molar-refractivity contribution is 5.18. The van der Waals surface area contributed by atoms with Crippen molar-refractivity contribution in [2.24, 2.45) is 5.92 Å². The van der Waals surface area contributed by atoms with E-state index in [1.54, 1.807) is 0 Å². The van der Waals surface area contributed by atoms with Crippen molar-refractivity contribution in [2.45, 2.75) is 13.8 Å². The molecule has 2 heteroatoms. The molecule has 0 bridgehead atoms. The molecule has 0 saturated carbocycles. The molecule has 0 unspecified atom stereocenters. The Hall–Kier alpha value is -0.970. The second kappa shape index (κ2) is 3.94. The Balaban J connectivity index is 4.23. The fourth-order valence-electron chi connectivity index (χ4n) is 0.602. The van der Waals surface area contributed by atoms with E-state index in [9.17, 15) is 0 Å². The van der Waals surface area contributed by atoms with Gasteiger partial charge in [-0.1, -0.05) is 13.8 Å². The van der Waals surface area contributed by atoms with Crippen LogP contribution in [-0.4, -0.2) is 19.0 Å². The highest BCUT2D eigenvalue weighted by atomic mass is 15.1. The zero-order valence-corrected chi connectivity index (χ0v) is 7.05. The van der Waals surface area contributed by atoms with Crippen LogP contribution in [0.5, 0.6) is 0 Å². The summed E-state index contributed by atoms with van der Waals surface area (Å²) in [6.45, 7) is 4.11. The maximum absolute atomic E-state index is 8.59. The van der Waals surface area contributed by atoms with Gasteiger partial charge in [0.15, 0.2) is 0 Å². The first-order chi connectivity index (χ1) is 4.57. The summed E-state index contributed by atoms with van der Waals surface area (Å²) in [5.41, 5.74) is 0.731. The van der Waals surface area contributed by atoms with Crippen LogP contribution in [0.3, 0.4) is 0 Å². The van der Waals surface area contributed by atoms with E-state index >= 15 is 0 Å². The third-order valence-corrected chi connectivity index (χ3v) is 1.09. The van der Waals surface area contributed by atoms with Crippen molar-refractivity contribution in [1.29, 1.82) is 5.26 Å². The van der Waals surface area contributed by atoms with Gasteiger partial charge in [-0.3, -0.25) is 0 Å². The van der Waals surface area contributed by atoms with Gasteiger partial charge in [0.25, 0.3) is 0 Å². The normalized spacial score (nSPS) is 11.4. The van der Waals surface area contributed by atoms with Crippen LogP contribution >= 0.6 is 0 Å². The summed E-state index contributed by atoms with van der Waals surface area (Å²) < 4.78 is 0. The van der Waals surface area contributed by atoms with Crippen LogP contribution in [0.25, 0.3) is 0 Å². The smallest absolute Gasteiger partial charge is 0.117 e. The third-order valence-electron chi connectivity index (χ3n) is 1.09. The topological polar surface area (TPSA) is 27.0 Å². The molecule has 0 aromatic carbocycles. The van der Waals surface area contributed by atoms with E-state index in [1.807, 2.05) is 25.1 Å². The van der Waals surface area contributed by atoms with Crippen molar-refractivity contribution in [2.75, 3.05) is 14.1 Å². The standard InChI is InChI=1S/C8H14N2/c1-7(2)5-8(6-9)10(3)4/h5,7H,1-4H3/b8-5-. The number of allylic oxidation sites excluding steroid dienone is 2. The Morgan fingerprint density at radius 2 is 2.00 bits per heavy atom. The molecule has 0 fully saturated rings. The molecular formula is C8H14N2. The van der Waals surface area contributed by atoms with Gasteiger partial charge < -0.3 is 4.90 Å². The number of nitriles is 1. The largest absolute Gasteiger partial charge is 0.369 e. The maximum atomic E-state index is 8.59. The summed E-state index contributed by atoms with van der Waals surface area (Å²) in [5, 5.41) is 8.59. The van der Waals surface area contributed by atoms with Gasteiger partial charge in [0.1, 0.15) is 11.8 Å². The Kier molecular flexibility index (Phi) is 3.56. The molecule has 0 heterocycles. The van der Waals surface area contributed by atoms with Crippen LogP contribution in [0, 0.1) is 17.2 Å². The lowest BCUT2D eigenvalue weighted by atomic mass is 10.2. The Bertz CT molecular complexity index is 161. The first kappa shape index (κ1) is 9.03. The summed E-state index contributed by atoms with van der Waals surface area (Å²) in [5.74, 6) is 0.442. The van der Waals surface area contributed by atoms with E-state index in [4.69, 9.17) is 5.26 Å². The minimum atomic E-state index is 0.442. The summed E-state index contributed by atoms with van der Waals surface area (Å²) in [7, 11) is 3.74. The molecule has 0 aromatic heterocycles. The van der Waals surface area contributed by atoms with Crippen molar-refractivity contribution < 1.29 is 0 Å². The summed E-state index contributed by atoms with van der Waals surface area (Å²) in [6.07, 6.45) is 1.94. The summed E-state index contributed by atoms with van der Waals surface area (Å²) >= 11 is 0. The van der Waals surface area contributed by atoms with Crippen LogP contribution in [0.4, 0.5) is 0 Å². The summed E-state index contributed by atoms with van der Waals surface area (Å²) in [6, 6.07) is 2.12. The van der Waals surface area contributed by atoms with Crippen LogP contribution in [0.1, 0.15) is 13.8 Å². The fourth-order valence-corrected chi connectivity index (χ4v) is 0.602. The molecule has 0 aliphatic heterocycles. The highest BCUT2D eigenvalue weighted by Crippen LogP contribution is 2.02. The van der Waals surface area contributed by atoms with Crippen LogP contribution in [-0.2, 0) is 0 Å². The van der Waals surface area contributed by atoms with Gasteiger partial charge in [0.05, 0.1) is 0 Å². The molecule has 0 rings (SSSR count). The van der Waals surface area contributed by atoms with Crippen molar-refractivity contribution in [1.82, 2.24) is 4.90 Å². The average Bonchev–Trinajstić information content (AvgIpc) is 1.81. The van der Waals surface area contributed by atoms with Crippen LogP contribution in [0.15, 0.2) is 11.8 Å². The minimum absolute atomic E-state index is 0.442. The second-order valence-corrected chi connectivity index (χ2v) is 2.80. The number of rotatable bonds is 2. The molecule has 0 saturated heterocycles. The van der Waals surface area contributed by atoms with E-state index < -0.39 is 0 Å². The van der Waals surface area contributed by atoms with Crippen LogP contribution in [0.2, 0.25) is 0 Å². The minimum Gasteiger partial charge on any atom is -0.369 e. The monoisotopic (exact) mass is 138 g/mol. The van der Waals surface area contributed by atoms with Gasteiger partial charge in [0.2, 0.25) is 0 Å². The number of hydrogen-bond acceptors (Lipinski definition) is 2. The molecule has 56 valence electrons. The van der Waals surface area contributed by atoms with E-state index in [1.165, 1.54) is 0 Å². The van der Waals surface area contributed by atoms with Crippen molar-refractivity contribution in [3.63, 3.8) is 0 Å². The molecule has 0 aromatic rings. The molecule has 0 atom stereocenters. The Morgan fingerprint density at radius 1 is 1.50 bits per heavy atom. The highest BCUT2D eigenvalue weighted by Gasteiger charge is 1.97. The van der Waals surface area contributed by atoms with Crippen molar-refractivity contribution >= 4 is 0 Å². The lowest BCUT2D eigenvalue weighted by Crippen LogP contribution is -2.10. The zero-order valence-electron chi connectivity index (χ0n) is 7.05. The Morgan fingerprint density at radius 3 is 2.10 bits per heavy atom. The third kappa shape index (κ3) is 3.13. The number of nitrogens with zero attached hydrogens (tertiary/aromatic N) is 2. The molecule has 0 aliphatic rings. The van der Waals surface area contributed by atoms with Gasteiger partial charge >= 0.3 is 0 Å². The maximum Gasteiger partial charge on any atom is 0.117 e. The SMILES string of the molecule is CC(C)/C=C(/C#N)N(C)C. The molecule has 0 aliphatic carbocycles.